The highest BCUT2D eigenvalue weighted by Gasteiger charge is 2.17. The largest absolute Gasteiger partial charge is 0.329 e. The van der Waals surface area contributed by atoms with E-state index in [1.54, 1.807) is 19.2 Å². The number of aromatic amines is 1. The van der Waals surface area contributed by atoms with Crippen molar-refractivity contribution in [1.82, 2.24) is 19.1 Å². The Morgan fingerprint density at radius 3 is 2.62 bits per heavy atom. The molecule has 2 aromatic heterocycles. The number of aromatic nitrogens is 4. The SMILES string of the molecule is CCCCCn1c(SCc2ccc(F)cc2)nc2c1c(=O)[nH]c(=O)n2C. The van der Waals surface area contributed by atoms with Crippen LogP contribution in [0.15, 0.2) is 39.0 Å². The molecule has 1 N–H and O–H groups in total. The Bertz CT molecular complexity index is 1020. The van der Waals surface area contributed by atoms with Crippen molar-refractivity contribution in [2.75, 3.05) is 0 Å². The van der Waals surface area contributed by atoms with Gasteiger partial charge in [-0.1, -0.05) is 43.7 Å². The third-order valence-electron chi connectivity index (χ3n) is 4.24. The van der Waals surface area contributed by atoms with Gasteiger partial charge in [0.2, 0.25) is 0 Å². The Morgan fingerprint density at radius 1 is 1.19 bits per heavy atom. The number of hydrogen-bond acceptors (Lipinski definition) is 4. The van der Waals surface area contributed by atoms with Crippen LogP contribution in [-0.2, 0) is 19.3 Å². The summed E-state index contributed by atoms with van der Waals surface area (Å²) in [6.45, 7) is 2.78. The Hall–Kier alpha value is -2.35. The molecule has 0 spiro atoms. The van der Waals surface area contributed by atoms with E-state index < -0.39 is 11.2 Å². The van der Waals surface area contributed by atoms with E-state index in [0.717, 1.165) is 24.8 Å². The van der Waals surface area contributed by atoms with Crippen LogP contribution in [0, 0.1) is 5.82 Å². The van der Waals surface area contributed by atoms with Gasteiger partial charge >= 0.3 is 5.69 Å². The normalized spacial score (nSPS) is 11.3. The standard InChI is InChI=1S/C18H21FN4O2S/c1-3-4-5-10-23-14-15(22(2)17(25)21-16(14)24)20-18(23)26-11-12-6-8-13(19)9-7-12/h6-9H,3-5,10-11H2,1-2H3,(H,21,24,25). The van der Waals surface area contributed by atoms with Crippen LogP contribution >= 0.6 is 11.8 Å². The first-order valence-electron chi connectivity index (χ1n) is 8.58. The number of H-pyrrole nitrogens is 1. The van der Waals surface area contributed by atoms with Gasteiger partial charge in [-0.25, -0.2) is 14.2 Å². The lowest BCUT2D eigenvalue weighted by Gasteiger charge is -2.08. The first kappa shape index (κ1) is 18.4. The number of halogens is 1. The van der Waals surface area contributed by atoms with Crippen LogP contribution in [0.5, 0.6) is 0 Å². The van der Waals surface area contributed by atoms with Crippen molar-refractivity contribution in [3.05, 3.63) is 56.5 Å². The fourth-order valence-electron chi connectivity index (χ4n) is 2.78. The Labute approximate surface area is 154 Å². The second-order valence-corrected chi connectivity index (χ2v) is 7.10. The summed E-state index contributed by atoms with van der Waals surface area (Å²) >= 11 is 1.47. The maximum atomic E-state index is 13.1. The molecule has 0 fully saturated rings. The summed E-state index contributed by atoms with van der Waals surface area (Å²) in [6.07, 6.45) is 3.04. The second-order valence-electron chi connectivity index (χ2n) is 6.16. The zero-order valence-corrected chi connectivity index (χ0v) is 15.6. The number of rotatable bonds is 7. The molecule has 138 valence electrons. The molecule has 0 unspecified atom stereocenters. The number of hydrogen-bond donors (Lipinski definition) is 1. The quantitative estimate of drug-likeness (QED) is 0.508. The first-order valence-corrected chi connectivity index (χ1v) is 9.56. The third kappa shape index (κ3) is 3.75. The lowest BCUT2D eigenvalue weighted by molar-refractivity contribution is 0.577. The number of imidazole rings is 1. The van der Waals surface area contributed by atoms with Crippen LogP contribution in [0.2, 0.25) is 0 Å². The van der Waals surface area contributed by atoms with Crippen molar-refractivity contribution in [3.8, 4) is 0 Å². The van der Waals surface area contributed by atoms with Crippen molar-refractivity contribution in [2.45, 2.75) is 43.6 Å². The fourth-order valence-corrected chi connectivity index (χ4v) is 3.76. The first-order chi connectivity index (χ1) is 12.5. The lowest BCUT2D eigenvalue weighted by atomic mass is 10.2. The van der Waals surface area contributed by atoms with Crippen molar-refractivity contribution in [3.63, 3.8) is 0 Å². The summed E-state index contributed by atoms with van der Waals surface area (Å²) in [4.78, 5) is 31.1. The smallest absolute Gasteiger partial charge is 0.313 e. The van der Waals surface area contributed by atoms with E-state index in [1.807, 2.05) is 4.57 Å². The number of fused-ring (bicyclic) bond motifs is 1. The van der Waals surface area contributed by atoms with Gasteiger partial charge in [-0.2, -0.15) is 0 Å². The molecule has 0 aliphatic heterocycles. The van der Waals surface area contributed by atoms with Gasteiger partial charge in [-0.3, -0.25) is 14.3 Å². The van der Waals surface area contributed by atoms with Crippen LogP contribution in [0.3, 0.4) is 0 Å². The molecule has 26 heavy (non-hydrogen) atoms. The molecule has 3 aromatic rings. The lowest BCUT2D eigenvalue weighted by Crippen LogP contribution is -2.29. The van der Waals surface area contributed by atoms with Crippen molar-refractivity contribution >= 4 is 22.9 Å². The van der Waals surface area contributed by atoms with Gasteiger partial charge in [0.15, 0.2) is 16.3 Å². The highest BCUT2D eigenvalue weighted by Crippen LogP contribution is 2.25. The predicted molar refractivity (Wildman–Crippen MR) is 101 cm³/mol. The van der Waals surface area contributed by atoms with E-state index in [0.29, 0.717) is 28.6 Å². The molecule has 0 saturated heterocycles. The van der Waals surface area contributed by atoms with E-state index in [-0.39, 0.29) is 5.82 Å². The molecule has 0 bridgehead atoms. The number of nitrogens with zero attached hydrogens (tertiary/aromatic N) is 3. The van der Waals surface area contributed by atoms with Crippen molar-refractivity contribution in [1.29, 1.82) is 0 Å². The van der Waals surface area contributed by atoms with Gasteiger partial charge < -0.3 is 4.57 Å². The molecule has 2 heterocycles. The zero-order chi connectivity index (χ0) is 18.7. The minimum Gasteiger partial charge on any atom is -0.313 e. The molecule has 0 amide bonds. The Balaban J connectivity index is 1.99. The average Bonchev–Trinajstić information content (AvgIpc) is 2.99. The topological polar surface area (TPSA) is 72.7 Å². The Kier molecular flexibility index (Phi) is 5.61. The highest BCUT2D eigenvalue weighted by atomic mass is 32.2. The van der Waals surface area contributed by atoms with Gasteiger partial charge in [0, 0.05) is 19.3 Å². The number of benzene rings is 1. The summed E-state index contributed by atoms with van der Waals surface area (Å²) in [5, 5.41) is 0.687. The monoisotopic (exact) mass is 376 g/mol. The van der Waals surface area contributed by atoms with E-state index in [9.17, 15) is 14.0 Å². The number of unbranched alkanes of at least 4 members (excludes halogenated alkanes) is 2. The summed E-state index contributed by atoms with van der Waals surface area (Å²) in [6, 6.07) is 6.31. The summed E-state index contributed by atoms with van der Waals surface area (Å²) in [5.74, 6) is 0.329. The van der Waals surface area contributed by atoms with Crippen LogP contribution in [0.4, 0.5) is 4.39 Å². The van der Waals surface area contributed by atoms with Gasteiger partial charge in [-0.15, -0.1) is 0 Å². The Morgan fingerprint density at radius 2 is 1.92 bits per heavy atom. The minimum atomic E-state index is -0.476. The number of nitrogens with one attached hydrogen (secondary N) is 1. The number of aryl methyl sites for hydroxylation is 2. The molecular weight excluding hydrogens is 355 g/mol. The average molecular weight is 376 g/mol. The molecule has 1 aromatic carbocycles. The van der Waals surface area contributed by atoms with Crippen LogP contribution in [0.25, 0.3) is 11.2 Å². The van der Waals surface area contributed by atoms with Crippen LogP contribution in [-0.4, -0.2) is 19.1 Å². The minimum absolute atomic E-state index is 0.271. The zero-order valence-electron chi connectivity index (χ0n) is 14.8. The van der Waals surface area contributed by atoms with E-state index >= 15 is 0 Å². The summed E-state index contributed by atoms with van der Waals surface area (Å²) in [5.41, 5.74) is 0.879. The molecule has 3 rings (SSSR count). The van der Waals surface area contributed by atoms with E-state index in [4.69, 9.17) is 0 Å². The molecule has 0 atom stereocenters. The fraction of sp³-hybridized carbons (Fsp3) is 0.389. The van der Waals surface area contributed by atoms with Crippen LogP contribution < -0.4 is 11.2 Å². The number of thioether (sulfide) groups is 1. The molecule has 0 saturated carbocycles. The van der Waals surface area contributed by atoms with Crippen molar-refractivity contribution in [2.24, 2.45) is 7.05 Å². The van der Waals surface area contributed by atoms with Gasteiger partial charge in [0.05, 0.1) is 0 Å². The second kappa shape index (κ2) is 7.90. The molecule has 0 aliphatic carbocycles. The molecule has 6 nitrogen and oxygen atoms in total. The molecule has 0 aliphatic rings. The summed E-state index contributed by atoms with van der Waals surface area (Å²) < 4.78 is 16.3. The van der Waals surface area contributed by atoms with E-state index in [2.05, 4.69) is 16.9 Å². The van der Waals surface area contributed by atoms with Gasteiger partial charge in [0.1, 0.15) is 5.82 Å². The maximum Gasteiger partial charge on any atom is 0.329 e. The molecule has 0 radical (unpaired) electrons. The van der Waals surface area contributed by atoms with Gasteiger partial charge in [-0.05, 0) is 24.1 Å². The summed E-state index contributed by atoms with van der Waals surface area (Å²) in [7, 11) is 1.60. The third-order valence-corrected chi connectivity index (χ3v) is 5.29. The van der Waals surface area contributed by atoms with E-state index in [1.165, 1.54) is 28.5 Å². The van der Waals surface area contributed by atoms with Crippen LogP contribution in [0.1, 0.15) is 31.7 Å². The maximum absolute atomic E-state index is 13.1. The molecular formula is C18H21FN4O2S. The highest BCUT2D eigenvalue weighted by molar-refractivity contribution is 7.98. The van der Waals surface area contributed by atoms with Gasteiger partial charge in [0.25, 0.3) is 5.56 Å². The van der Waals surface area contributed by atoms with Crippen molar-refractivity contribution < 1.29 is 4.39 Å². The predicted octanol–water partition coefficient (Wildman–Crippen LogP) is 3.04. The molecule has 8 heteroatoms.